The van der Waals surface area contributed by atoms with Crippen LogP contribution in [-0.2, 0) is 0 Å². The van der Waals surface area contributed by atoms with E-state index < -0.39 is 0 Å². The fourth-order valence-corrected chi connectivity index (χ4v) is 3.30. The van der Waals surface area contributed by atoms with Crippen LogP contribution in [-0.4, -0.2) is 24.1 Å². The highest BCUT2D eigenvalue weighted by Crippen LogP contribution is 2.29. The molecule has 1 aromatic heterocycles. The molecule has 118 valence electrons. The molecule has 1 aliphatic heterocycles. The van der Waals surface area contributed by atoms with Gasteiger partial charge < -0.3 is 10.6 Å². The number of nitrogens with two attached hydrogens (primary N) is 1. The van der Waals surface area contributed by atoms with Gasteiger partial charge in [0.15, 0.2) is 5.13 Å². The molecule has 0 radical (unpaired) electrons. The summed E-state index contributed by atoms with van der Waals surface area (Å²) in [6.07, 6.45) is 1.06. The van der Waals surface area contributed by atoms with Crippen molar-refractivity contribution in [2.24, 2.45) is 5.73 Å². The van der Waals surface area contributed by atoms with E-state index in [0.29, 0.717) is 0 Å². The zero-order valence-electron chi connectivity index (χ0n) is 13.7. The van der Waals surface area contributed by atoms with Crippen molar-refractivity contribution in [1.29, 1.82) is 0 Å². The molecule has 22 heavy (non-hydrogen) atoms. The number of benzene rings is 1. The van der Waals surface area contributed by atoms with Crippen LogP contribution in [0.15, 0.2) is 36.2 Å². The monoisotopic (exact) mass is 315 g/mol. The van der Waals surface area contributed by atoms with Gasteiger partial charge in [0.1, 0.15) is 0 Å². The molecule has 3 rings (SSSR count). The number of allylic oxidation sites excluding steroid dienone is 1. The highest BCUT2D eigenvalue weighted by molar-refractivity contribution is 7.14. The smallest absolute Gasteiger partial charge is 0.185 e. The van der Waals surface area contributed by atoms with Crippen LogP contribution in [0.5, 0.6) is 0 Å². The molecule has 1 unspecified atom stereocenters. The summed E-state index contributed by atoms with van der Waals surface area (Å²) < 4.78 is 0. The predicted molar refractivity (Wildman–Crippen MR) is 98.4 cm³/mol. The normalized spacial score (nSPS) is 17.1. The van der Waals surface area contributed by atoms with Crippen molar-refractivity contribution in [3.8, 4) is 11.3 Å². The lowest BCUT2D eigenvalue weighted by Gasteiger charge is -2.13. The molecule has 0 aliphatic carbocycles. The summed E-state index contributed by atoms with van der Waals surface area (Å²) in [7, 11) is 0. The Morgan fingerprint density at radius 1 is 1.32 bits per heavy atom. The van der Waals surface area contributed by atoms with Crippen LogP contribution in [0.3, 0.4) is 0 Å². The lowest BCUT2D eigenvalue weighted by molar-refractivity contribution is 0.752. The predicted octanol–water partition coefficient (Wildman–Crippen LogP) is 4.41. The molecular formula is C18H25N3S. The van der Waals surface area contributed by atoms with Crippen molar-refractivity contribution < 1.29 is 0 Å². The number of rotatable bonds is 3. The van der Waals surface area contributed by atoms with E-state index in [1.807, 2.05) is 20.8 Å². The molecule has 1 aliphatic rings. The van der Waals surface area contributed by atoms with Crippen molar-refractivity contribution in [1.82, 2.24) is 4.98 Å². The van der Waals surface area contributed by atoms with Gasteiger partial charge in [-0.1, -0.05) is 50.3 Å². The van der Waals surface area contributed by atoms with E-state index in [0.717, 1.165) is 41.5 Å². The molecule has 0 spiro atoms. The molecule has 1 saturated heterocycles. The van der Waals surface area contributed by atoms with E-state index in [1.54, 1.807) is 11.3 Å². The molecule has 0 amide bonds. The number of hydrogen-bond donors (Lipinski definition) is 1. The molecule has 1 fully saturated rings. The molecular weight excluding hydrogens is 290 g/mol. The molecule has 0 bridgehead atoms. The van der Waals surface area contributed by atoms with E-state index >= 15 is 0 Å². The van der Waals surface area contributed by atoms with Crippen LogP contribution in [0.4, 0.5) is 5.13 Å². The maximum absolute atomic E-state index is 5.95. The van der Waals surface area contributed by atoms with Crippen molar-refractivity contribution in [2.45, 2.75) is 33.2 Å². The van der Waals surface area contributed by atoms with Gasteiger partial charge >= 0.3 is 0 Å². The molecule has 1 atom stereocenters. The third-order valence-corrected chi connectivity index (χ3v) is 4.56. The fraction of sp³-hybridized carbons (Fsp3) is 0.389. The van der Waals surface area contributed by atoms with E-state index in [2.05, 4.69) is 41.1 Å². The van der Waals surface area contributed by atoms with Gasteiger partial charge in [-0.15, -0.1) is 11.3 Å². The second kappa shape index (κ2) is 7.56. The molecule has 2 aromatic rings. The topological polar surface area (TPSA) is 42.1 Å². The van der Waals surface area contributed by atoms with E-state index in [1.165, 1.54) is 5.56 Å². The van der Waals surface area contributed by atoms with E-state index in [9.17, 15) is 0 Å². The zero-order chi connectivity index (χ0) is 16.1. The highest BCUT2D eigenvalue weighted by Gasteiger charge is 2.21. The number of aromatic nitrogens is 1. The Labute approximate surface area is 137 Å². The van der Waals surface area contributed by atoms with Crippen LogP contribution in [0.1, 0.15) is 32.8 Å². The SMILES string of the molecule is C=C(C)c1ccc(-c2csc(N3CCC(N)C3)n2)cc1.CC. The lowest BCUT2D eigenvalue weighted by atomic mass is 10.1. The third-order valence-electron chi connectivity index (χ3n) is 3.66. The van der Waals surface area contributed by atoms with Crippen molar-refractivity contribution in [3.63, 3.8) is 0 Å². The Bertz CT molecular complexity index is 616. The quantitative estimate of drug-likeness (QED) is 0.912. The van der Waals surface area contributed by atoms with Crippen LogP contribution < -0.4 is 10.6 Å². The molecule has 1 aromatic carbocycles. The lowest BCUT2D eigenvalue weighted by Crippen LogP contribution is -2.26. The summed E-state index contributed by atoms with van der Waals surface area (Å²) in [4.78, 5) is 7.02. The first-order chi connectivity index (χ1) is 10.6. The Hall–Kier alpha value is -1.65. The van der Waals surface area contributed by atoms with Gasteiger partial charge in [-0.05, 0) is 18.9 Å². The maximum Gasteiger partial charge on any atom is 0.185 e. The first kappa shape index (κ1) is 16.7. The van der Waals surface area contributed by atoms with E-state index in [4.69, 9.17) is 10.7 Å². The third kappa shape index (κ3) is 3.76. The first-order valence-corrected chi connectivity index (χ1v) is 8.74. The number of hydrogen-bond acceptors (Lipinski definition) is 4. The summed E-state index contributed by atoms with van der Waals surface area (Å²) in [5, 5.41) is 3.20. The minimum absolute atomic E-state index is 0.289. The number of nitrogens with zero attached hydrogens (tertiary/aromatic N) is 2. The Morgan fingerprint density at radius 2 is 2.00 bits per heavy atom. The summed E-state index contributed by atoms with van der Waals surface area (Å²) in [6, 6.07) is 8.71. The van der Waals surface area contributed by atoms with Gasteiger partial charge in [-0.2, -0.15) is 0 Å². The largest absolute Gasteiger partial charge is 0.346 e. The van der Waals surface area contributed by atoms with Crippen molar-refractivity contribution in [2.75, 3.05) is 18.0 Å². The molecule has 3 nitrogen and oxygen atoms in total. The van der Waals surface area contributed by atoms with Gasteiger partial charge in [-0.25, -0.2) is 4.98 Å². The standard InChI is InChI=1S/C16H19N3S.C2H6/c1-11(2)12-3-5-13(6-4-12)15-10-20-16(18-15)19-8-7-14(17)9-19;1-2/h3-6,10,14H,1,7-9,17H2,2H3;1-2H3. The Morgan fingerprint density at radius 3 is 2.55 bits per heavy atom. The average Bonchev–Trinajstić information content (AvgIpc) is 3.18. The first-order valence-electron chi connectivity index (χ1n) is 7.86. The Kier molecular flexibility index (Phi) is 5.75. The van der Waals surface area contributed by atoms with Gasteiger partial charge in [0.2, 0.25) is 0 Å². The fourth-order valence-electron chi connectivity index (χ4n) is 2.43. The minimum atomic E-state index is 0.289. The average molecular weight is 315 g/mol. The van der Waals surface area contributed by atoms with Crippen molar-refractivity contribution in [3.05, 3.63) is 41.8 Å². The Balaban J connectivity index is 0.000000847. The molecule has 4 heteroatoms. The summed E-state index contributed by atoms with van der Waals surface area (Å²) >= 11 is 1.70. The summed E-state index contributed by atoms with van der Waals surface area (Å²) in [6.45, 7) is 11.9. The second-order valence-corrected chi connectivity index (χ2v) is 6.20. The van der Waals surface area contributed by atoms with Gasteiger partial charge in [0.25, 0.3) is 0 Å². The van der Waals surface area contributed by atoms with Crippen LogP contribution in [0, 0.1) is 0 Å². The van der Waals surface area contributed by atoms with Crippen LogP contribution >= 0.6 is 11.3 Å². The highest BCUT2D eigenvalue weighted by atomic mass is 32.1. The van der Waals surface area contributed by atoms with Gasteiger partial charge in [-0.3, -0.25) is 0 Å². The second-order valence-electron chi connectivity index (χ2n) is 5.37. The summed E-state index contributed by atoms with van der Waals surface area (Å²) in [5.74, 6) is 0. The molecule has 2 N–H and O–H groups in total. The van der Waals surface area contributed by atoms with E-state index in [-0.39, 0.29) is 6.04 Å². The summed E-state index contributed by atoms with van der Waals surface area (Å²) in [5.41, 5.74) is 10.4. The van der Waals surface area contributed by atoms with Crippen LogP contribution in [0.25, 0.3) is 16.8 Å². The number of anilines is 1. The van der Waals surface area contributed by atoms with Crippen molar-refractivity contribution >= 4 is 22.0 Å². The maximum atomic E-state index is 5.95. The van der Waals surface area contributed by atoms with Gasteiger partial charge in [0, 0.05) is 30.1 Å². The van der Waals surface area contributed by atoms with Gasteiger partial charge in [0.05, 0.1) is 5.69 Å². The minimum Gasteiger partial charge on any atom is -0.346 e. The number of thiazole rings is 1. The molecule has 2 heterocycles. The molecule has 0 saturated carbocycles. The van der Waals surface area contributed by atoms with Crippen LogP contribution in [0.2, 0.25) is 0 Å². The zero-order valence-corrected chi connectivity index (χ0v) is 14.5.